The molecule has 8 heteroatoms. The van der Waals surface area contributed by atoms with Crippen molar-refractivity contribution in [2.75, 3.05) is 10.6 Å². The van der Waals surface area contributed by atoms with Gasteiger partial charge in [-0.15, -0.1) is 11.3 Å². The second-order valence-electron chi connectivity index (χ2n) is 6.83. The molecule has 2 aromatic carbocycles. The van der Waals surface area contributed by atoms with Crippen LogP contribution in [0.1, 0.15) is 47.9 Å². The molecule has 0 fully saturated rings. The molecule has 6 nitrogen and oxygen atoms in total. The van der Waals surface area contributed by atoms with Gasteiger partial charge in [0.15, 0.2) is 0 Å². The molecule has 30 heavy (non-hydrogen) atoms. The Morgan fingerprint density at radius 3 is 2.30 bits per heavy atom. The Labute approximate surface area is 181 Å². The fourth-order valence-electron chi connectivity index (χ4n) is 3.50. The number of fused-ring (bicyclic) bond motifs is 1. The topological polar surface area (TPSA) is 95.5 Å². The minimum absolute atomic E-state index is 0.0441. The standard InChI is InChI=1S/C22H17ClN2O4S/c23-12-8-10-13(11-9-12)24-20(27)18-16-6-3-7-17(16)30-21(18)25-19(26)14-4-1-2-5-15(14)22(28)29/h1-2,4-5,8-11H,3,6-7H2,(H,24,27)(H,25,26)(H,28,29). The number of anilines is 2. The number of carbonyl (C=O) groups excluding carboxylic acids is 2. The molecule has 0 unspecified atom stereocenters. The molecule has 0 saturated carbocycles. The number of carboxylic acids is 1. The molecule has 0 atom stereocenters. The van der Waals surface area contributed by atoms with Crippen LogP contribution in [-0.4, -0.2) is 22.9 Å². The van der Waals surface area contributed by atoms with E-state index in [1.54, 1.807) is 36.4 Å². The number of aromatic carboxylic acids is 1. The Kier molecular flexibility index (Phi) is 5.57. The second kappa shape index (κ2) is 8.30. The van der Waals surface area contributed by atoms with Crippen molar-refractivity contribution in [1.82, 2.24) is 0 Å². The Morgan fingerprint density at radius 1 is 0.900 bits per heavy atom. The second-order valence-corrected chi connectivity index (χ2v) is 8.37. The van der Waals surface area contributed by atoms with Gasteiger partial charge in [0.2, 0.25) is 0 Å². The average molecular weight is 441 g/mol. The zero-order valence-corrected chi connectivity index (χ0v) is 17.3. The van der Waals surface area contributed by atoms with Crippen molar-refractivity contribution >= 4 is 51.4 Å². The third-order valence-corrected chi connectivity index (χ3v) is 6.34. The molecule has 0 aliphatic heterocycles. The van der Waals surface area contributed by atoms with Crippen molar-refractivity contribution in [2.24, 2.45) is 0 Å². The van der Waals surface area contributed by atoms with Crippen LogP contribution >= 0.6 is 22.9 Å². The summed E-state index contributed by atoms with van der Waals surface area (Å²) in [4.78, 5) is 38.4. The zero-order valence-electron chi connectivity index (χ0n) is 15.7. The van der Waals surface area contributed by atoms with E-state index in [0.29, 0.717) is 21.3 Å². The van der Waals surface area contributed by atoms with Gasteiger partial charge in [0.05, 0.1) is 16.7 Å². The number of amides is 2. The number of benzene rings is 2. The van der Waals surface area contributed by atoms with Crippen LogP contribution in [0.15, 0.2) is 48.5 Å². The summed E-state index contributed by atoms with van der Waals surface area (Å²) in [6.07, 6.45) is 2.57. The van der Waals surface area contributed by atoms with E-state index in [0.717, 1.165) is 29.7 Å². The van der Waals surface area contributed by atoms with Gasteiger partial charge in [0.1, 0.15) is 5.00 Å². The van der Waals surface area contributed by atoms with E-state index < -0.39 is 11.9 Å². The van der Waals surface area contributed by atoms with Gasteiger partial charge in [-0.25, -0.2) is 4.79 Å². The smallest absolute Gasteiger partial charge is 0.336 e. The maximum Gasteiger partial charge on any atom is 0.336 e. The van der Waals surface area contributed by atoms with E-state index in [2.05, 4.69) is 10.6 Å². The van der Waals surface area contributed by atoms with Crippen molar-refractivity contribution in [2.45, 2.75) is 19.3 Å². The number of carbonyl (C=O) groups is 3. The van der Waals surface area contributed by atoms with Crippen LogP contribution in [0.25, 0.3) is 0 Å². The highest BCUT2D eigenvalue weighted by Crippen LogP contribution is 2.39. The first-order valence-corrected chi connectivity index (χ1v) is 10.5. The normalized spacial score (nSPS) is 12.3. The first kappa shape index (κ1) is 20.1. The summed E-state index contributed by atoms with van der Waals surface area (Å²) >= 11 is 7.27. The van der Waals surface area contributed by atoms with E-state index in [9.17, 15) is 19.5 Å². The SMILES string of the molecule is O=C(O)c1ccccc1C(=O)Nc1sc2c(c1C(=O)Nc1ccc(Cl)cc1)CCC2. The number of carboxylic acid groups (broad SMARTS) is 1. The van der Waals surface area contributed by atoms with Crippen LogP contribution in [0.5, 0.6) is 0 Å². The number of rotatable bonds is 5. The maximum atomic E-state index is 13.1. The van der Waals surface area contributed by atoms with E-state index in [-0.39, 0.29) is 17.0 Å². The van der Waals surface area contributed by atoms with Gasteiger partial charge in [0, 0.05) is 15.6 Å². The van der Waals surface area contributed by atoms with Crippen molar-refractivity contribution < 1.29 is 19.5 Å². The lowest BCUT2D eigenvalue weighted by Gasteiger charge is -2.11. The van der Waals surface area contributed by atoms with E-state index in [1.807, 2.05) is 0 Å². The Balaban J connectivity index is 1.65. The van der Waals surface area contributed by atoms with Crippen LogP contribution in [0.2, 0.25) is 5.02 Å². The largest absolute Gasteiger partial charge is 0.478 e. The third kappa shape index (κ3) is 3.94. The quantitative estimate of drug-likeness (QED) is 0.514. The number of halogens is 1. The molecule has 1 heterocycles. The highest BCUT2D eigenvalue weighted by Gasteiger charge is 2.28. The monoisotopic (exact) mass is 440 g/mol. The van der Waals surface area contributed by atoms with Gasteiger partial charge in [-0.3, -0.25) is 9.59 Å². The maximum absolute atomic E-state index is 13.1. The lowest BCUT2D eigenvalue weighted by Crippen LogP contribution is -2.19. The molecule has 1 aromatic heterocycles. The first-order chi connectivity index (χ1) is 14.4. The molecule has 3 aromatic rings. The minimum atomic E-state index is -1.19. The van der Waals surface area contributed by atoms with Crippen LogP contribution in [0, 0.1) is 0 Å². The van der Waals surface area contributed by atoms with Crippen LogP contribution in [-0.2, 0) is 12.8 Å². The summed E-state index contributed by atoms with van der Waals surface area (Å²) in [5, 5.41) is 16.0. The zero-order chi connectivity index (χ0) is 21.3. The highest BCUT2D eigenvalue weighted by molar-refractivity contribution is 7.17. The Hall–Kier alpha value is -3.16. The van der Waals surface area contributed by atoms with Gasteiger partial charge in [-0.2, -0.15) is 0 Å². The summed E-state index contributed by atoms with van der Waals surface area (Å²) in [7, 11) is 0. The van der Waals surface area contributed by atoms with Gasteiger partial charge in [-0.1, -0.05) is 23.7 Å². The molecule has 0 saturated heterocycles. The first-order valence-electron chi connectivity index (χ1n) is 9.29. The van der Waals surface area contributed by atoms with Crippen molar-refractivity contribution in [1.29, 1.82) is 0 Å². The summed E-state index contributed by atoms with van der Waals surface area (Å²) in [6, 6.07) is 12.8. The summed E-state index contributed by atoms with van der Waals surface area (Å²) in [5.41, 5.74) is 1.92. The lowest BCUT2D eigenvalue weighted by atomic mass is 10.1. The fraction of sp³-hybridized carbons (Fsp3) is 0.136. The number of aryl methyl sites for hydroxylation is 1. The molecule has 0 bridgehead atoms. The summed E-state index contributed by atoms with van der Waals surface area (Å²) in [5.74, 6) is -2.07. The molecule has 0 radical (unpaired) electrons. The van der Waals surface area contributed by atoms with Crippen molar-refractivity contribution in [3.05, 3.63) is 80.7 Å². The number of hydrogen-bond donors (Lipinski definition) is 3. The van der Waals surface area contributed by atoms with Crippen LogP contribution < -0.4 is 10.6 Å². The molecule has 1 aliphatic carbocycles. The molecule has 2 amide bonds. The number of nitrogens with one attached hydrogen (secondary N) is 2. The molecular weight excluding hydrogens is 424 g/mol. The highest BCUT2D eigenvalue weighted by atomic mass is 35.5. The van der Waals surface area contributed by atoms with Gasteiger partial charge in [0.25, 0.3) is 11.8 Å². The molecule has 152 valence electrons. The van der Waals surface area contributed by atoms with Gasteiger partial charge < -0.3 is 15.7 Å². The molecular formula is C22H17ClN2O4S. The number of thiophene rings is 1. The third-order valence-electron chi connectivity index (χ3n) is 4.88. The lowest BCUT2D eigenvalue weighted by molar-refractivity contribution is 0.0692. The van der Waals surface area contributed by atoms with E-state index in [4.69, 9.17) is 11.6 Å². The number of hydrogen-bond acceptors (Lipinski definition) is 4. The van der Waals surface area contributed by atoms with Crippen molar-refractivity contribution in [3.8, 4) is 0 Å². The summed E-state index contributed by atoms with van der Waals surface area (Å²) in [6.45, 7) is 0. The molecule has 4 rings (SSSR count). The average Bonchev–Trinajstić information content (AvgIpc) is 3.30. The van der Waals surface area contributed by atoms with Crippen LogP contribution in [0.3, 0.4) is 0 Å². The minimum Gasteiger partial charge on any atom is -0.478 e. The van der Waals surface area contributed by atoms with E-state index >= 15 is 0 Å². The van der Waals surface area contributed by atoms with Crippen LogP contribution in [0.4, 0.5) is 10.7 Å². The predicted octanol–water partition coefficient (Wildman–Crippen LogP) is 5.09. The fourth-order valence-corrected chi connectivity index (χ4v) is 4.91. The van der Waals surface area contributed by atoms with Gasteiger partial charge in [-0.05, 0) is 61.2 Å². The molecule has 3 N–H and O–H groups in total. The van der Waals surface area contributed by atoms with Gasteiger partial charge >= 0.3 is 5.97 Å². The predicted molar refractivity (Wildman–Crippen MR) is 117 cm³/mol. The Morgan fingerprint density at radius 2 is 1.60 bits per heavy atom. The summed E-state index contributed by atoms with van der Waals surface area (Å²) < 4.78 is 0. The molecule has 1 aliphatic rings. The Bertz CT molecular complexity index is 1150. The van der Waals surface area contributed by atoms with Crippen molar-refractivity contribution in [3.63, 3.8) is 0 Å². The molecule has 0 spiro atoms. The van der Waals surface area contributed by atoms with E-state index in [1.165, 1.54) is 23.5 Å².